The summed E-state index contributed by atoms with van der Waals surface area (Å²) in [5.74, 6) is -0.554. The predicted molar refractivity (Wildman–Crippen MR) is 105 cm³/mol. The molecule has 0 bridgehead atoms. The minimum absolute atomic E-state index is 0.210. The zero-order valence-corrected chi connectivity index (χ0v) is 15.3. The highest BCUT2D eigenvalue weighted by atomic mass is 16.6. The molecule has 0 saturated carbocycles. The molecule has 7 nitrogen and oxygen atoms in total. The van der Waals surface area contributed by atoms with Crippen molar-refractivity contribution >= 4 is 12.0 Å². The van der Waals surface area contributed by atoms with Gasteiger partial charge < -0.3 is 4.42 Å². The van der Waals surface area contributed by atoms with Gasteiger partial charge in [0.2, 0.25) is 0 Å². The fraction of sp³-hybridized carbons (Fsp3) is 0.182. The van der Waals surface area contributed by atoms with E-state index in [1.54, 1.807) is 47.6 Å². The van der Waals surface area contributed by atoms with Crippen molar-refractivity contribution in [3.63, 3.8) is 0 Å². The fourth-order valence-electron chi connectivity index (χ4n) is 4.48. The molecule has 0 spiro atoms. The van der Waals surface area contributed by atoms with Crippen molar-refractivity contribution in [3.05, 3.63) is 106 Å². The fourth-order valence-corrected chi connectivity index (χ4v) is 4.48. The Morgan fingerprint density at radius 2 is 1.79 bits per heavy atom. The van der Waals surface area contributed by atoms with E-state index < -0.39 is 24.0 Å². The maximum atomic E-state index is 13.5. The predicted octanol–water partition coefficient (Wildman–Crippen LogP) is 3.66. The number of Topliss-reactive ketones (excluding diaryl/α,β-unsaturated/α-hetero) is 1. The topological polar surface area (TPSA) is 88.9 Å². The van der Waals surface area contributed by atoms with E-state index >= 15 is 0 Å². The molecule has 0 amide bonds. The first kappa shape index (κ1) is 17.4. The lowest BCUT2D eigenvalue weighted by Crippen LogP contribution is -2.38. The van der Waals surface area contributed by atoms with E-state index in [0.717, 1.165) is 11.1 Å². The Morgan fingerprint density at radius 1 is 1.03 bits per heavy atom. The Balaban J connectivity index is 1.70. The lowest BCUT2D eigenvalue weighted by molar-refractivity contribution is -0.529. The van der Waals surface area contributed by atoms with Crippen LogP contribution in [0.25, 0.3) is 0 Å². The highest BCUT2D eigenvalue weighted by molar-refractivity contribution is 6.01. The van der Waals surface area contributed by atoms with E-state index in [2.05, 4.69) is 5.10 Å². The standard InChI is InChI=1S/C22H17N3O4/c26-22(14-7-2-1-3-8-14)21-18(17-11-6-12-29-17)20(25(27)28)19-16-10-5-4-9-15(16)13-23-24(19)21/h1-13,18-21H/t18-,19+,20-,21+/m0/s1. The minimum Gasteiger partial charge on any atom is -0.469 e. The molecule has 3 aromatic rings. The van der Waals surface area contributed by atoms with Crippen LogP contribution in [0.1, 0.15) is 39.2 Å². The van der Waals surface area contributed by atoms with Crippen LogP contribution in [-0.2, 0) is 0 Å². The molecule has 5 rings (SSSR count). The van der Waals surface area contributed by atoms with Crippen LogP contribution in [0.4, 0.5) is 0 Å². The molecule has 1 fully saturated rings. The van der Waals surface area contributed by atoms with Gasteiger partial charge in [0.15, 0.2) is 5.78 Å². The van der Waals surface area contributed by atoms with Crippen LogP contribution >= 0.6 is 0 Å². The molecule has 0 aliphatic carbocycles. The molecule has 0 radical (unpaired) electrons. The van der Waals surface area contributed by atoms with Crippen molar-refractivity contribution in [2.24, 2.45) is 5.10 Å². The summed E-state index contributed by atoms with van der Waals surface area (Å²) in [5, 5.41) is 18.3. The van der Waals surface area contributed by atoms with Gasteiger partial charge in [-0.1, -0.05) is 54.6 Å². The largest absolute Gasteiger partial charge is 0.469 e. The van der Waals surface area contributed by atoms with E-state index in [1.165, 1.54) is 6.26 Å². The molecule has 3 heterocycles. The van der Waals surface area contributed by atoms with Crippen molar-refractivity contribution in [1.82, 2.24) is 5.01 Å². The van der Waals surface area contributed by atoms with Gasteiger partial charge >= 0.3 is 0 Å². The summed E-state index contributed by atoms with van der Waals surface area (Å²) >= 11 is 0. The first-order valence-electron chi connectivity index (χ1n) is 9.34. The Bertz CT molecular complexity index is 1090. The number of hydrazone groups is 1. The van der Waals surface area contributed by atoms with E-state index in [4.69, 9.17) is 4.42 Å². The number of nitrogens with zero attached hydrogens (tertiary/aromatic N) is 3. The van der Waals surface area contributed by atoms with E-state index in [1.807, 2.05) is 30.3 Å². The van der Waals surface area contributed by atoms with E-state index in [-0.39, 0.29) is 10.7 Å². The van der Waals surface area contributed by atoms with Crippen molar-refractivity contribution in [2.75, 3.05) is 0 Å². The number of fused-ring (bicyclic) bond motifs is 3. The molecule has 0 N–H and O–H groups in total. The van der Waals surface area contributed by atoms with Gasteiger partial charge in [0.25, 0.3) is 6.04 Å². The number of benzene rings is 2. The molecule has 7 heteroatoms. The number of ketones is 1. The average molecular weight is 387 g/mol. The van der Waals surface area contributed by atoms with Gasteiger partial charge in [0, 0.05) is 16.1 Å². The number of rotatable bonds is 4. The second-order valence-corrected chi connectivity index (χ2v) is 7.19. The van der Waals surface area contributed by atoms with Gasteiger partial charge in [0.1, 0.15) is 23.8 Å². The molecule has 4 atom stereocenters. The number of hydrogen-bond donors (Lipinski definition) is 0. The molecular formula is C22H17N3O4. The molecule has 1 saturated heterocycles. The maximum Gasteiger partial charge on any atom is 0.251 e. The second kappa shape index (κ2) is 6.70. The van der Waals surface area contributed by atoms with Crippen LogP contribution in [0.2, 0.25) is 0 Å². The minimum atomic E-state index is -1.07. The summed E-state index contributed by atoms with van der Waals surface area (Å²) in [6, 6.07) is 17.1. The zero-order valence-electron chi connectivity index (χ0n) is 15.3. The molecule has 29 heavy (non-hydrogen) atoms. The van der Waals surface area contributed by atoms with Crippen molar-refractivity contribution in [3.8, 4) is 0 Å². The quantitative estimate of drug-likeness (QED) is 0.387. The van der Waals surface area contributed by atoms with Crippen LogP contribution in [0.15, 0.2) is 82.5 Å². The Hall–Kier alpha value is -3.74. The van der Waals surface area contributed by atoms with Crippen molar-refractivity contribution < 1.29 is 14.1 Å². The monoisotopic (exact) mass is 387 g/mol. The van der Waals surface area contributed by atoms with Gasteiger partial charge in [0.05, 0.1) is 12.5 Å². The maximum absolute atomic E-state index is 13.5. The van der Waals surface area contributed by atoms with Gasteiger partial charge in [-0.2, -0.15) is 5.10 Å². The third-order valence-electron chi connectivity index (χ3n) is 5.69. The van der Waals surface area contributed by atoms with Crippen LogP contribution in [0.3, 0.4) is 0 Å². The van der Waals surface area contributed by atoms with Crippen LogP contribution in [-0.4, -0.2) is 34.0 Å². The first-order chi connectivity index (χ1) is 14.2. The first-order valence-corrected chi connectivity index (χ1v) is 9.34. The summed E-state index contributed by atoms with van der Waals surface area (Å²) in [5.41, 5.74) is 2.11. The molecule has 1 aromatic heterocycles. The number of carbonyl (C=O) groups excluding carboxylic acids is 1. The smallest absolute Gasteiger partial charge is 0.251 e. The highest BCUT2D eigenvalue weighted by Gasteiger charge is 2.61. The summed E-state index contributed by atoms with van der Waals surface area (Å²) < 4.78 is 5.57. The number of carbonyl (C=O) groups is 1. The lowest BCUT2D eigenvalue weighted by atomic mass is 9.85. The number of nitro groups is 1. The molecule has 2 aliphatic heterocycles. The second-order valence-electron chi connectivity index (χ2n) is 7.19. The molecule has 144 valence electrons. The zero-order chi connectivity index (χ0) is 20.0. The van der Waals surface area contributed by atoms with Crippen LogP contribution < -0.4 is 0 Å². The van der Waals surface area contributed by atoms with Gasteiger partial charge in [-0.05, 0) is 17.7 Å². The van der Waals surface area contributed by atoms with Gasteiger partial charge in [-0.3, -0.25) is 19.9 Å². The molecule has 2 aromatic carbocycles. The lowest BCUT2D eigenvalue weighted by Gasteiger charge is -2.30. The van der Waals surface area contributed by atoms with E-state index in [9.17, 15) is 14.9 Å². The normalized spacial score (nSPS) is 24.8. The van der Waals surface area contributed by atoms with Crippen molar-refractivity contribution in [2.45, 2.75) is 24.0 Å². The summed E-state index contributed by atoms with van der Waals surface area (Å²) in [7, 11) is 0. The van der Waals surface area contributed by atoms with Crippen molar-refractivity contribution in [1.29, 1.82) is 0 Å². The average Bonchev–Trinajstić information content (AvgIpc) is 3.39. The third kappa shape index (κ3) is 2.66. The van der Waals surface area contributed by atoms with Crippen LogP contribution in [0.5, 0.6) is 0 Å². The van der Waals surface area contributed by atoms with E-state index in [0.29, 0.717) is 11.3 Å². The Kier molecular flexibility index (Phi) is 4.01. The molecular weight excluding hydrogens is 370 g/mol. The summed E-state index contributed by atoms with van der Waals surface area (Å²) in [4.78, 5) is 25.5. The molecule has 0 unspecified atom stereocenters. The summed E-state index contributed by atoms with van der Waals surface area (Å²) in [6.45, 7) is 0. The molecule has 2 aliphatic rings. The third-order valence-corrected chi connectivity index (χ3v) is 5.69. The van der Waals surface area contributed by atoms with Crippen LogP contribution in [0, 0.1) is 10.1 Å². The number of furan rings is 1. The van der Waals surface area contributed by atoms with Gasteiger partial charge in [-0.25, -0.2) is 0 Å². The highest BCUT2D eigenvalue weighted by Crippen LogP contribution is 2.49. The number of hydrogen-bond acceptors (Lipinski definition) is 6. The SMILES string of the molecule is O=C(c1ccccc1)[C@H]1[C@@H](c2ccco2)[C@H]([N+](=O)[O-])[C@H]2c3ccccc3C=NN21. The van der Waals surface area contributed by atoms with Gasteiger partial charge in [-0.15, -0.1) is 0 Å². The summed E-state index contributed by atoms with van der Waals surface area (Å²) in [6.07, 6.45) is 3.14. The Morgan fingerprint density at radius 3 is 2.52 bits per heavy atom. The Labute approximate surface area is 166 Å².